The molecule has 1 rings (SSSR count). The Morgan fingerprint density at radius 2 is 1.86 bits per heavy atom. The van der Waals surface area contributed by atoms with Crippen LogP contribution < -0.4 is 4.74 Å². The zero-order valence-corrected chi connectivity index (χ0v) is 9.05. The van der Waals surface area contributed by atoms with E-state index < -0.39 is 10.1 Å². The molecule has 1 N–H and O–H groups in total. The molecule has 0 aliphatic rings. The third-order valence-corrected chi connectivity index (χ3v) is 2.90. The second-order valence-electron chi connectivity index (χ2n) is 3.09. The summed E-state index contributed by atoms with van der Waals surface area (Å²) in [5.74, 6) is 0.171. The minimum absolute atomic E-state index is 0.161. The zero-order chi connectivity index (χ0) is 10.9. The molecule has 0 unspecified atom stereocenters. The number of methoxy groups -OCH3 is 1. The van der Waals surface area contributed by atoms with Gasteiger partial charge in [0.05, 0.1) is 7.11 Å². The van der Waals surface area contributed by atoms with Crippen LogP contribution in [0.3, 0.4) is 0 Å². The van der Waals surface area contributed by atoms with E-state index in [2.05, 4.69) is 0 Å². The number of aryl methyl sites for hydroxylation is 2. The Bertz CT molecular complexity index is 448. The van der Waals surface area contributed by atoms with Crippen molar-refractivity contribution in [2.75, 3.05) is 7.11 Å². The number of rotatable bonds is 2. The van der Waals surface area contributed by atoms with E-state index in [1.807, 2.05) is 6.92 Å². The lowest BCUT2D eigenvalue weighted by molar-refractivity contribution is 0.396. The first-order valence-electron chi connectivity index (χ1n) is 3.99. The van der Waals surface area contributed by atoms with E-state index in [0.717, 1.165) is 5.56 Å². The van der Waals surface area contributed by atoms with Crippen molar-refractivity contribution >= 4 is 10.1 Å². The van der Waals surface area contributed by atoms with Crippen molar-refractivity contribution in [2.24, 2.45) is 0 Å². The van der Waals surface area contributed by atoms with Crippen LogP contribution in [0.15, 0.2) is 17.0 Å². The smallest absolute Gasteiger partial charge is 0.298 e. The Kier molecular flexibility index (Phi) is 2.82. The summed E-state index contributed by atoms with van der Waals surface area (Å²) in [6.45, 7) is 3.43. The van der Waals surface area contributed by atoms with Crippen molar-refractivity contribution in [3.63, 3.8) is 0 Å². The molecule has 4 nitrogen and oxygen atoms in total. The van der Waals surface area contributed by atoms with Crippen molar-refractivity contribution in [3.05, 3.63) is 23.3 Å². The molecule has 0 bridgehead atoms. The van der Waals surface area contributed by atoms with Crippen molar-refractivity contribution in [3.8, 4) is 5.75 Å². The highest BCUT2D eigenvalue weighted by atomic mass is 32.2. The van der Waals surface area contributed by atoms with E-state index in [-0.39, 0.29) is 10.6 Å². The quantitative estimate of drug-likeness (QED) is 0.762. The Morgan fingerprint density at radius 3 is 2.29 bits per heavy atom. The molecule has 0 heterocycles. The highest BCUT2D eigenvalue weighted by Gasteiger charge is 2.19. The van der Waals surface area contributed by atoms with Gasteiger partial charge in [0.15, 0.2) is 0 Å². The van der Waals surface area contributed by atoms with Crippen LogP contribution in [0.1, 0.15) is 11.1 Å². The monoisotopic (exact) mass is 216 g/mol. The van der Waals surface area contributed by atoms with E-state index in [1.54, 1.807) is 19.1 Å². The molecule has 78 valence electrons. The molecule has 1 aromatic carbocycles. The van der Waals surface area contributed by atoms with Crippen LogP contribution in [0.25, 0.3) is 0 Å². The van der Waals surface area contributed by atoms with Gasteiger partial charge in [-0.2, -0.15) is 8.42 Å². The van der Waals surface area contributed by atoms with Gasteiger partial charge in [-0.25, -0.2) is 0 Å². The van der Waals surface area contributed by atoms with Crippen molar-refractivity contribution in [2.45, 2.75) is 18.7 Å². The summed E-state index contributed by atoms with van der Waals surface area (Å²) in [5, 5.41) is 0. The first-order chi connectivity index (χ1) is 6.36. The van der Waals surface area contributed by atoms with Gasteiger partial charge >= 0.3 is 0 Å². The highest BCUT2D eigenvalue weighted by Crippen LogP contribution is 2.28. The lowest BCUT2D eigenvalue weighted by Crippen LogP contribution is -2.04. The minimum atomic E-state index is -4.22. The first-order valence-corrected chi connectivity index (χ1v) is 5.43. The van der Waals surface area contributed by atoms with Crippen LogP contribution in [-0.2, 0) is 10.1 Å². The second kappa shape index (κ2) is 3.59. The van der Waals surface area contributed by atoms with Gasteiger partial charge in [0.25, 0.3) is 10.1 Å². The van der Waals surface area contributed by atoms with Crippen LogP contribution >= 0.6 is 0 Å². The lowest BCUT2D eigenvalue weighted by atomic mass is 10.1. The maximum absolute atomic E-state index is 11.0. The number of ether oxygens (including phenoxy) is 1. The average Bonchev–Trinajstić information content (AvgIpc) is 1.99. The fourth-order valence-electron chi connectivity index (χ4n) is 1.40. The first kappa shape index (κ1) is 11.0. The number of hydrogen-bond acceptors (Lipinski definition) is 3. The van der Waals surface area contributed by atoms with Gasteiger partial charge in [-0.1, -0.05) is 6.07 Å². The molecule has 0 aliphatic heterocycles. The SMILES string of the molecule is COc1cc(C)cc(C)c1S(=O)(=O)O. The van der Waals surface area contributed by atoms with Crippen molar-refractivity contribution in [1.29, 1.82) is 0 Å². The van der Waals surface area contributed by atoms with Crippen molar-refractivity contribution < 1.29 is 17.7 Å². The molecule has 0 spiro atoms. The van der Waals surface area contributed by atoms with Crippen LogP contribution in [0, 0.1) is 13.8 Å². The molecule has 0 fully saturated rings. The van der Waals surface area contributed by atoms with E-state index in [4.69, 9.17) is 9.29 Å². The van der Waals surface area contributed by atoms with E-state index >= 15 is 0 Å². The Hall–Kier alpha value is -1.07. The Labute approximate surface area is 83.3 Å². The molecule has 5 heteroatoms. The summed E-state index contributed by atoms with van der Waals surface area (Å²) in [6, 6.07) is 3.24. The van der Waals surface area contributed by atoms with E-state index in [1.165, 1.54) is 7.11 Å². The normalized spacial score (nSPS) is 11.4. The van der Waals surface area contributed by atoms with Crippen LogP contribution in [0.4, 0.5) is 0 Å². The zero-order valence-electron chi connectivity index (χ0n) is 8.23. The van der Waals surface area contributed by atoms with E-state index in [0.29, 0.717) is 5.56 Å². The molecule has 14 heavy (non-hydrogen) atoms. The second-order valence-corrected chi connectivity index (χ2v) is 4.45. The topological polar surface area (TPSA) is 63.6 Å². The molecule has 0 amide bonds. The molecular weight excluding hydrogens is 204 g/mol. The van der Waals surface area contributed by atoms with Gasteiger partial charge in [-0.05, 0) is 31.0 Å². The standard InChI is InChI=1S/C9H12O4S/c1-6-4-7(2)9(14(10,11)12)8(5-6)13-3/h4-5H,1-3H3,(H,10,11,12). The fraction of sp³-hybridized carbons (Fsp3) is 0.333. The summed E-state index contributed by atoms with van der Waals surface area (Å²) in [7, 11) is -2.85. The molecule has 0 atom stereocenters. The molecule has 0 aromatic heterocycles. The van der Waals surface area contributed by atoms with Crippen molar-refractivity contribution in [1.82, 2.24) is 0 Å². The molecule has 0 aliphatic carbocycles. The number of hydrogen-bond donors (Lipinski definition) is 1. The van der Waals surface area contributed by atoms with Gasteiger partial charge < -0.3 is 4.74 Å². The van der Waals surface area contributed by atoms with Crippen LogP contribution in [-0.4, -0.2) is 20.1 Å². The highest BCUT2D eigenvalue weighted by molar-refractivity contribution is 7.86. The summed E-state index contributed by atoms with van der Waals surface area (Å²) < 4.78 is 35.9. The molecule has 0 saturated carbocycles. The van der Waals surface area contributed by atoms with Gasteiger partial charge in [0.2, 0.25) is 0 Å². The Morgan fingerprint density at radius 1 is 1.29 bits per heavy atom. The van der Waals surface area contributed by atoms with Gasteiger partial charge in [-0.15, -0.1) is 0 Å². The molecular formula is C9H12O4S. The largest absolute Gasteiger partial charge is 0.495 e. The van der Waals surface area contributed by atoms with Crippen LogP contribution in [0.5, 0.6) is 5.75 Å². The Balaban J connectivity index is 3.57. The van der Waals surface area contributed by atoms with Gasteiger partial charge in [0, 0.05) is 0 Å². The third-order valence-electron chi connectivity index (χ3n) is 1.86. The van der Waals surface area contributed by atoms with Crippen LogP contribution in [0.2, 0.25) is 0 Å². The van der Waals surface area contributed by atoms with Gasteiger partial charge in [-0.3, -0.25) is 4.55 Å². The molecule has 0 saturated heterocycles. The summed E-state index contributed by atoms with van der Waals surface area (Å²) in [4.78, 5) is -0.161. The summed E-state index contributed by atoms with van der Waals surface area (Å²) in [6.07, 6.45) is 0. The van der Waals surface area contributed by atoms with Gasteiger partial charge in [0.1, 0.15) is 10.6 Å². The summed E-state index contributed by atoms with van der Waals surface area (Å²) >= 11 is 0. The average molecular weight is 216 g/mol. The maximum atomic E-state index is 11.0. The van der Waals surface area contributed by atoms with E-state index in [9.17, 15) is 8.42 Å². The molecule has 1 aromatic rings. The minimum Gasteiger partial charge on any atom is -0.495 e. The molecule has 0 radical (unpaired) electrons. The maximum Gasteiger partial charge on any atom is 0.298 e. The predicted molar refractivity (Wildman–Crippen MR) is 52.3 cm³/mol. The fourth-order valence-corrected chi connectivity index (χ4v) is 2.26. The predicted octanol–water partition coefficient (Wildman–Crippen LogP) is 1.56. The lowest BCUT2D eigenvalue weighted by Gasteiger charge is -2.09. The summed E-state index contributed by atoms with van der Waals surface area (Å²) in [5.41, 5.74) is 1.36. The third kappa shape index (κ3) is 2.05. The number of benzene rings is 1.